The molecule has 0 fully saturated rings. The molecule has 3 nitrogen and oxygen atoms in total. The molecule has 0 saturated carbocycles. The van der Waals surface area contributed by atoms with Gasteiger partial charge in [0.15, 0.2) is 0 Å². The SMILES string of the molecule is N#CCc1cc(-c2ccncc2)cnc1Cl. The first-order chi connectivity index (χ1) is 7.81. The van der Waals surface area contributed by atoms with Gasteiger partial charge in [-0.1, -0.05) is 11.6 Å². The molecule has 4 heteroatoms. The minimum atomic E-state index is 0.269. The summed E-state index contributed by atoms with van der Waals surface area (Å²) in [6, 6.07) is 7.73. The summed E-state index contributed by atoms with van der Waals surface area (Å²) < 4.78 is 0. The van der Waals surface area contributed by atoms with Gasteiger partial charge < -0.3 is 0 Å². The maximum atomic E-state index is 8.66. The van der Waals surface area contributed by atoms with Crippen LogP contribution in [0.15, 0.2) is 36.8 Å². The Labute approximate surface area is 98.4 Å². The Morgan fingerprint density at radius 2 is 2.00 bits per heavy atom. The van der Waals surface area contributed by atoms with Gasteiger partial charge in [0.2, 0.25) is 0 Å². The van der Waals surface area contributed by atoms with Crippen LogP contribution in [0, 0.1) is 11.3 Å². The third-order valence-corrected chi connectivity index (χ3v) is 2.54. The highest BCUT2D eigenvalue weighted by molar-refractivity contribution is 6.30. The Bertz CT molecular complexity index is 532. The number of hydrogen-bond acceptors (Lipinski definition) is 3. The van der Waals surface area contributed by atoms with Gasteiger partial charge in [-0.2, -0.15) is 5.26 Å². The van der Waals surface area contributed by atoms with Crippen LogP contribution in [0.2, 0.25) is 5.15 Å². The van der Waals surface area contributed by atoms with Crippen molar-refractivity contribution in [2.45, 2.75) is 6.42 Å². The zero-order valence-corrected chi connectivity index (χ0v) is 9.15. The van der Waals surface area contributed by atoms with E-state index in [9.17, 15) is 0 Å². The quantitative estimate of drug-likeness (QED) is 0.744. The maximum Gasteiger partial charge on any atom is 0.133 e. The van der Waals surface area contributed by atoms with Gasteiger partial charge in [-0.05, 0) is 23.8 Å². The van der Waals surface area contributed by atoms with Crippen molar-refractivity contribution in [2.75, 3.05) is 0 Å². The van der Waals surface area contributed by atoms with Crippen molar-refractivity contribution >= 4 is 11.6 Å². The summed E-state index contributed by atoms with van der Waals surface area (Å²) in [5.74, 6) is 0. The predicted molar refractivity (Wildman–Crippen MR) is 61.8 cm³/mol. The molecule has 0 unspecified atom stereocenters. The van der Waals surface area contributed by atoms with Crippen LogP contribution < -0.4 is 0 Å². The first kappa shape index (κ1) is 10.6. The molecule has 0 aliphatic carbocycles. The Morgan fingerprint density at radius 1 is 1.25 bits per heavy atom. The Morgan fingerprint density at radius 3 is 2.69 bits per heavy atom. The Kier molecular flexibility index (Phi) is 3.13. The molecule has 0 saturated heterocycles. The van der Waals surface area contributed by atoms with Crippen LogP contribution in [0.3, 0.4) is 0 Å². The average Bonchev–Trinajstić information content (AvgIpc) is 2.33. The lowest BCUT2D eigenvalue weighted by Crippen LogP contribution is -1.89. The second-order valence-corrected chi connectivity index (χ2v) is 3.60. The molecule has 0 bridgehead atoms. The van der Waals surface area contributed by atoms with Gasteiger partial charge in [0.25, 0.3) is 0 Å². The third kappa shape index (κ3) is 2.18. The van der Waals surface area contributed by atoms with Gasteiger partial charge in [0, 0.05) is 29.7 Å². The molecule has 2 rings (SSSR count). The summed E-state index contributed by atoms with van der Waals surface area (Å²) in [6.07, 6.45) is 5.39. The van der Waals surface area contributed by atoms with Crippen molar-refractivity contribution < 1.29 is 0 Å². The molecule has 16 heavy (non-hydrogen) atoms. The van der Waals surface area contributed by atoms with E-state index in [4.69, 9.17) is 16.9 Å². The fourth-order valence-electron chi connectivity index (χ4n) is 1.41. The molecule has 0 amide bonds. The lowest BCUT2D eigenvalue weighted by molar-refractivity contribution is 1.19. The molecular weight excluding hydrogens is 222 g/mol. The molecule has 0 aromatic carbocycles. The van der Waals surface area contributed by atoms with Crippen molar-refractivity contribution in [1.29, 1.82) is 5.26 Å². The monoisotopic (exact) mass is 229 g/mol. The van der Waals surface area contributed by atoms with E-state index in [2.05, 4.69) is 16.0 Å². The smallest absolute Gasteiger partial charge is 0.133 e. The van der Waals surface area contributed by atoms with E-state index in [-0.39, 0.29) is 6.42 Å². The van der Waals surface area contributed by atoms with Crippen molar-refractivity contribution in [3.63, 3.8) is 0 Å². The second kappa shape index (κ2) is 4.73. The summed E-state index contributed by atoms with van der Waals surface area (Å²) in [7, 11) is 0. The first-order valence-corrected chi connectivity index (χ1v) is 5.11. The number of nitrogens with zero attached hydrogens (tertiary/aromatic N) is 3. The van der Waals surface area contributed by atoms with Crippen LogP contribution in [-0.2, 0) is 6.42 Å². The molecule has 2 aromatic rings. The van der Waals surface area contributed by atoms with Crippen molar-refractivity contribution in [3.05, 3.63) is 47.5 Å². The number of nitriles is 1. The highest BCUT2D eigenvalue weighted by atomic mass is 35.5. The summed E-state index contributed by atoms with van der Waals surface area (Å²) in [5, 5.41) is 9.05. The van der Waals surface area contributed by atoms with E-state index in [0.29, 0.717) is 5.15 Å². The van der Waals surface area contributed by atoms with Gasteiger partial charge in [-0.3, -0.25) is 4.98 Å². The van der Waals surface area contributed by atoms with Gasteiger partial charge in [0.05, 0.1) is 12.5 Å². The number of halogens is 1. The Balaban J connectivity index is 2.45. The molecule has 0 aliphatic heterocycles. The second-order valence-electron chi connectivity index (χ2n) is 3.24. The van der Waals surface area contributed by atoms with E-state index >= 15 is 0 Å². The molecule has 78 valence electrons. The highest BCUT2D eigenvalue weighted by Crippen LogP contribution is 2.22. The summed E-state index contributed by atoms with van der Waals surface area (Å²) in [4.78, 5) is 8.02. The normalized spacial score (nSPS) is 9.75. The van der Waals surface area contributed by atoms with Crippen LogP contribution in [0.1, 0.15) is 5.56 Å². The fourth-order valence-corrected chi connectivity index (χ4v) is 1.58. The standard InChI is InChI=1S/C12H8ClN3/c13-12-10(1-4-14)7-11(8-16-12)9-2-5-15-6-3-9/h2-3,5-8H,1H2. The van der Waals surface area contributed by atoms with Gasteiger partial charge in [0.1, 0.15) is 5.15 Å². The molecule has 0 radical (unpaired) electrons. The lowest BCUT2D eigenvalue weighted by atomic mass is 10.1. The van der Waals surface area contributed by atoms with E-state index in [1.807, 2.05) is 18.2 Å². The predicted octanol–water partition coefficient (Wildman–Crippen LogP) is 2.86. The van der Waals surface area contributed by atoms with Crippen LogP contribution >= 0.6 is 11.6 Å². The number of rotatable bonds is 2. The molecule has 2 heterocycles. The minimum Gasteiger partial charge on any atom is -0.265 e. The third-order valence-electron chi connectivity index (χ3n) is 2.19. The van der Waals surface area contributed by atoms with Crippen LogP contribution in [0.4, 0.5) is 0 Å². The van der Waals surface area contributed by atoms with Crippen LogP contribution in [-0.4, -0.2) is 9.97 Å². The first-order valence-electron chi connectivity index (χ1n) is 4.73. The van der Waals surface area contributed by atoms with Crippen molar-refractivity contribution in [3.8, 4) is 17.2 Å². The number of aromatic nitrogens is 2. The highest BCUT2D eigenvalue weighted by Gasteiger charge is 2.04. The lowest BCUT2D eigenvalue weighted by Gasteiger charge is -2.03. The molecule has 0 N–H and O–H groups in total. The minimum absolute atomic E-state index is 0.269. The van der Waals surface area contributed by atoms with E-state index in [1.54, 1.807) is 18.6 Å². The summed E-state index contributed by atoms with van der Waals surface area (Å²) in [6.45, 7) is 0. The van der Waals surface area contributed by atoms with Crippen molar-refractivity contribution in [1.82, 2.24) is 9.97 Å². The summed E-state index contributed by atoms with van der Waals surface area (Å²) >= 11 is 5.89. The largest absolute Gasteiger partial charge is 0.265 e. The van der Waals surface area contributed by atoms with Crippen molar-refractivity contribution in [2.24, 2.45) is 0 Å². The average molecular weight is 230 g/mol. The molecule has 0 atom stereocenters. The van der Waals surface area contributed by atoms with Gasteiger partial charge in [-0.15, -0.1) is 0 Å². The van der Waals surface area contributed by atoms with Crippen LogP contribution in [0.5, 0.6) is 0 Å². The molecule has 0 spiro atoms. The van der Waals surface area contributed by atoms with E-state index < -0.39 is 0 Å². The fraction of sp³-hybridized carbons (Fsp3) is 0.0833. The van der Waals surface area contributed by atoms with E-state index in [1.165, 1.54) is 0 Å². The molecule has 2 aromatic heterocycles. The molecule has 0 aliphatic rings. The van der Waals surface area contributed by atoms with Gasteiger partial charge >= 0.3 is 0 Å². The zero-order valence-electron chi connectivity index (χ0n) is 8.39. The van der Waals surface area contributed by atoms with E-state index in [0.717, 1.165) is 16.7 Å². The summed E-state index contributed by atoms with van der Waals surface area (Å²) in [5.41, 5.74) is 2.70. The maximum absolute atomic E-state index is 8.66. The topological polar surface area (TPSA) is 49.6 Å². The van der Waals surface area contributed by atoms with Gasteiger partial charge in [-0.25, -0.2) is 4.98 Å². The van der Waals surface area contributed by atoms with Crippen LogP contribution in [0.25, 0.3) is 11.1 Å². The number of pyridine rings is 2. The number of hydrogen-bond donors (Lipinski definition) is 0. The molecular formula is C12H8ClN3. The zero-order chi connectivity index (χ0) is 11.4. The Hall–Kier alpha value is -1.92.